The highest BCUT2D eigenvalue weighted by atomic mass is 14.2. The Labute approximate surface area is 130 Å². The van der Waals surface area contributed by atoms with Gasteiger partial charge in [0.05, 0.1) is 0 Å². The van der Waals surface area contributed by atoms with Crippen molar-refractivity contribution in [2.75, 3.05) is 0 Å². The van der Waals surface area contributed by atoms with Crippen LogP contribution in [0.15, 0.2) is 42.5 Å². The van der Waals surface area contributed by atoms with Gasteiger partial charge >= 0.3 is 0 Å². The van der Waals surface area contributed by atoms with E-state index in [0.29, 0.717) is 0 Å². The summed E-state index contributed by atoms with van der Waals surface area (Å²) in [5.74, 6) is 0. The fourth-order valence-corrected chi connectivity index (χ4v) is 2.80. The van der Waals surface area contributed by atoms with Crippen molar-refractivity contribution < 1.29 is 0 Å². The number of hydrogen-bond acceptors (Lipinski definition) is 0. The van der Waals surface area contributed by atoms with Gasteiger partial charge in [-0.05, 0) is 66.3 Å². The van der Waals surface area contributed by atoms with Gasteiger partial charge in [0, 0.05) is 0 Å². The molecule has 0 heterocycles. The van der Waals surface area contributed by atoms with Crippen LogP contribution in [0.25, 0.3) is 0 Å². The van der Waals surface area contributed by atoms with Crippen molar-refractivity contribution >= 4 is 0 Å². The summed E-state index contributed by atoms with van der Waals surface area (Å²) in [6.45, 7) is 11.3. The van der Waals surface area contributed by atoms with Crippen LogP contribution < -0.4 is 0 Å². The number of benzene rings is 2. The minimum atomic E-state index is 0.241. The molecule has 21 heavy (non-hydrogen) atoms. The summed E-state index contributed by atoms with van der Waals surface area (Å²) in [5, 5.41) is 0. The fourth-order valence-electron chi connectivity index (χ4n) is 2.80. The first-order chi connectivity index (χ1) is 9.88. The van der Waals surface area contributed by atoms with E-state index in [-0.39, 0.29) is 5.41 Å². The van der Waals surface area contributed by atoms with Crippen LogP contribution in [0.4, 0.5) is 0 Å². The highest BCUT2D eigenvalue weighted by Gasteiger charge is 2.14. The molecule has 2 aromatic carbocycles. The summed E-state index contributed by atoms with van der Waals surface area (Å²) in [7, 11) is 0. The molecular formula is C21H28. The van der Waals surface area contributed by atoms with Gasteiger partial charge in [0.1, 0.15) is 0 Å². The average molecular weight is 280 g/mol. The quantitative estimate of drug-likeness (QED) is 0.666. The summed E-state index contributed by atoms with van der Waals surface area (Å²) in [6, 6.07) is 15.7. The molecule has 0 aliphatic heterocycles. The van der Waals surface area contributed by atoms with Crippen LogP contribution >= 0.6 is 0 Å². The number of rotatable bonds is 4. The van der Waals surface area contributed by atoms with Crippen LogP contribution in [0, 0.1) is 13.8 Å². The van der Waals surface area contributed by atoms with E-state index in [1.807, 2.05) is 0 Å². The van der Waals surface area contributed by atoms with Crippen LogP contribution in [-0.4, -0.2) is 0 Å². The molecule has 2 rings (SSSR count). The average Bonchev–Trinajstić information content (AvgIpc) is 2.41. The lowest BCUT2D eigenvalue weighted by Crippen LogP contribution is -2.11. The van der Waals surface area contributed by atoms with E-state index < -0.39 is 0 Å². The van der Waals surface area contributed by atoms with Crippen molar-refractivity contribution in [2.45, 2.75) is 59.3 Å². The molecule has 0 nitrogen and oxygen atoms in total. The molecule has 0 fully saturated rings. The van der Waals surface area contributed by atoms with Crippen molar-refractivity contribution in [3.63, 3.8) is 0 Å². The maximum Gasteiger partial charge on any atom is -0.0132 e. The molecule has 0 heteroatoms. The number of hydrogen-bond donors (Lipinski definition) is 0. The van der Waals surface area contributed by atoms with Crippen molar-refractivity contribution in [3.05, 3.63) is 70.3 Å². The molecule has 0 radical (unpaired) electrons. The second-order valence-electron chi connectivity index (χ2n) is 7.17. The van der Waals surface area contributed by atoms with Crippen LogP contribution in [-0.2, 0) is 18.3 Å². The predicted octanol–water partition coefficient (Wildman–Crippen LogP) is 5.78. The van der Waals surface area contributed by atoms with E-state index in [1.54, 1.807) is 0 Å². The fraction of sp³-hybridized carbons (Fsp3) is 0.429. The monoisotopic (exact) mass is 280 g/mol. The van der Waals surface area contributed by atoms with Gasteiger partial charge in [-0.1, -0.05) is 63.2 Å². The third-order valence-electron chi connectivity index (χ3n) is 4.36. The van der Waals surface area contributed by atoms with Crippen molar-refractivity contribution in [3.8, 4) is 0 Å². The Morgan fingerprint density at radius 1 is 0.762 bits per heavy atom. The maximum absolute atomic E-state index is 2.36. The first-order valence-corrected chi connectivity index (χ1v) is 8.02. The Balaban J connectivity index is 2.00. The van der Waals surface area contributed by atoms with Gasteiger partial charge < -0.3 is 0 Å². The Bertz CT molecular complexity index is 600. The van der Waals surface area contributed by atoms with Gasteiger partial charge in [-0.2, -0.15) is 0 Å². The van der Waals surface area contributed by atoms with E-state index in [4.69, 9.17) is 0 Å². The highest BCUT2D eigenvalue weighted by Crippen LogP contribution is 2.25. The van der Waals surface area contributed by atoms with Crippen molar-refractivity contribution in [2.24, 2.45) is 0 Å². The van der Waals surface area contributed by atoms with E-state index in [1.165, 1.54) is 47.1 Å². The molecule has 0 saturated carbocycles. The Morgan fingerprint density at radius 3 is 1.95 bits per heavy atom. The molecular weight excluding hydrogens is 252 g/mol. The maximum atomic E-state index is 2.36. The largest absolute Gasteiger partial charge is 0.0620 e. The third-order valence-corrected chi connectivity index (χ3v) is 4.36. The predicted molar refractivity (Wildman–Crippen MR) is 93.1 cm³/mol. The Kier molecular flexibility index (Phi) is 4.88. The topological polar surface area (TPSA) is 0 Å². The van der Waals surface area contributed by atoms with Crippen molar-refractivity contribution in [1.29, 1.82) is 0 Å². The van der Waals surface area contributed by atoms with E-state index >= 15 is 0 Å². The molecule has 0 atom stereocenters. The molecule has 0 amide bonds. The summed E-state index contributed by atoms with van der Waals surface area (Å²) in [4.78, 5) is 0. The summed E-state index contributed by atoms with van der Waals surface area (Å²) in [5.41, 5.74) is 7.51. The molecule has 0 N–H and O–H groups in total. The van der Waals surface area contributed by atoms with Gasteiger partial charge in [0.15, 0.2) is 0 Å². The molecule has 2 aromatic rings. The summed E-state index contributed by atoms with van der Waals surface area (Å²) >= 11 is 0. The first-order valence-electron chi connectivity index (χ1n) is 8.02. The third kappa shape index (κ3) is 4.20. The zero-order valence-electron chi connectivity index (χ0n) is 14.2. The first kappa shape index (κ1) is 15.8. The second kappa shape index (κ2) is 6.47. The lowest BCUT2D eigenvalue weighted by molar-refractivity contribution is 0.589. The molecule has 0 saturated heterocycles. The lowest BCUT2D eigenvalue weighted by Gasteiger charge is -2.20. The lowest BCUT2D eigenvalue weighted by atomic mass is 9.85. The zero-order chi connectivity index (χ0) is 15.5. The summed E-state index contributed by atoms with van der Waals surface area (Å²) in [6.07, 6.45) is 3.57. The molecule has 0 spiro atoms. The molecule has 112 valence electrons. The minimum absolute atomic E-state index is 0.241. The molecule has 0 aliphatic carbocycles. The Morgan fingerprint density at radius 2 is 1.38 bits per heavy atom. The SMILES string of the molecule is Cc1ccccc1CCCc1ccc(C(C)(C)C)cc1C. The van der Waals surface area contributed by atoms with Crippen molar-refractivity contribution in [1.82, 2.24) is 0 Å². The van der Waals surface area contributed by atoms with Crippen LogP contribution in [0.5, 0.6) is 0 Å². The van der Waals surface area contributed by atoms with Gasteiger partial charge in [-0.3, -0.25) is 0 Å². The molecule has 0 aliphatic rings. The van der Waals surface area contributed by atoms with E-state index in [9.17, 15) is 0 Å². The molecule has 0 bridgehead atoms. The highest BCUT2D eigenvalue weighted by molar-refractivity contribution is 5.34. The molecule has 0 aromatic heterocycles. The standard InChI is InChI=1S/C21H28/c1-16-9-6-7-10-18(16)11-8-12-19-13-14-20(15-17(19)2)21(3,4)5/h6-7,9-10,13-15H,8,11-12H2,1-5H3. The van der Waals surface area contributed by atoms with Gasteiger partial charge in [0.2, 0.25) is 0 Å². The van der Waals surface area contributed by atoms with Gasteiger partial charge in [-0.25, -0.2) is 0 Å². The van der Waals surface area contributed by atoms with Crippen LogP contribution in [0.3, 0.4) is 0 Å². The zero-order valence-corrected chi connectivity index (χ0v) is 14.2. The Hall–Kier alpha value is -1.56. The second-order valence-corrected chi connectivity index (χ2v) is 7.17. The van der Waals surface area contributed by atoms with E-state index in [2.05, 4.69) is 77.1 Å². The minimum Gasteiger partial charge on any atom is -0.0620 e. The number of aryl methyl sites for hydroxylation is 4. The van der Waals surface area contributed by atoms with E-state index in [0.717, 1.165) is 0 Å². The van der Waals surface area contributed by atoms with Crippen LogP contribution in [0.1, 0.15) is 55.0 Å². The summed E-state index contributed by atoms with van der Waals surface area (Å²) < 4.78 is 0. The normalized spacial score (nSPS) is 11.7. The molecule has 0 unspecified atom stereocenters. The smallest absolute Gasteiger partial charge is 0.0132 e. The van der Waals surface area contributed by atoms with Crippen LogP contribution in [0.2, 0.25) is 0 Å². The van der Waals surface area contributed by atoms with Gasteiger partial charge in [0.25, 0.3) is 0 Å². The van der Waals surface area contributed by atoms with Gasteiger partial charge in [-0.15, -0.1) is 0 Å².